The van der Waals surface area contributed by atoms with E-state index in [9.17, 15) is 9.18 Å². The average molecular weight is 348 g/mol. The van der Waals surface area contributed by atoms with Gasteiger partial charge in [-0.15, -0.1) is 0 Å². The summed E-state index contributed by atoms with van der Waals surface area (Å²) in [4.78, 5) is 12.0. The number of rotatable bonds is 5. The van der Waals surface area contributed by atoms with Crippen LogP contribution >= 0.6 is 0 Å². The Morgan fingerprint density at radius 1 is 1.24 bits per heavy atom. The van der Waals surface area contributed by atoms with Gasteiger partial charge in [-0.05, 0) is 74.3 Å². The van der Waals surface area contributed by atoms with E-state index in [1.165, 1.54) is 42.7 Å². The van der Waals surface area contributed by atoms with E-state index < -0.39 is 12.1 Å². The predicted octanol–water partition coefficient (Wildman–Crippen LogP) is 5.30. The molecule has 3 nitrogen and oxygen atoms in total. The molecule has 1 aliphatic carbocycles. The van der Waals surface area contributed by atoms with Crippen molar-refractivity contribution in [3.05, 3.63) is 41.7 Å². The molecule has 0 aromatic heterocycles. The zero-order chi connectivity index (χ0) is 18.4. The summed E-state index contributed by atoms with van der Waals surface area (Å²) in [6.45, 7) is 8.82. The lowest BCUT2D eigenvalue weighted by atomic mass is 9.71. The molecule has 2 rings (SSSR count). The number of allylic oxidation sites excluding steroid dienone is 1. The Bertz CT molecular complexity index is 589. The molecular formula is C21H29FO3. The lowest BCUT2D eigenvalue weighted by Gasteiger charge is -2.34. The summed E-state index contributed by atoms with van der Waals surface area (Å²) in [5.74, 6) is 0.459. The van der Waals surface area contributed by atoms with Crippen molar-refractivity contribution in [2.75, 3.05) is 6.61 Å². The second-order valence-electron chi connectivity index (χ2n) is 7.85. The van der Waals surface area contributed by atoms with Gasteiger partial charge in [0.05, 0.1) is 0 Å². The van der Waals surface area contributed by atoms with Gasteiger partial charge in [-0.25, -0.2) is 9.18 Å². The van der Waals surface area contributed by atoms with E-state index >= 15 is 0 Å². The van der Waals surface area contributed by atoms with Crippen LogP contribution in [0.25, 0.3) is 0 Å². The number of ether oxygens (including phenoxy) is 2. The summed E-state index contributed by atoms with van der Waals surface area (Å²) in [5.41, 5.74) is 1.74. The number of hydrogen-bond acceptors (Lipinski definition) is 3. The summed E-state index contributed by atoms with van der Waals surface area (Å²) in [6, 6.07) is 5.58. The van der Waals surface area contributed by atoms with Crippen LogP contribution in [0.1, 0.15) is 53.4 Å². The molecule has 0 radical (unpaired) electrons. The van der Waals surface area contributed by atoms with Gasteiger partial charge in [0.2, 0.25) is 0 Å². The van der Waals surface area contributed by atoms with Crippen LogP contribution in [-0.4, -0.2) is 18.7 Å². The fourth-order valence-corrected chi connectivity index (χ4v) is 3.18. The summed E-state index contributed by atoms with van der Waals surface area (Å²) in [6.07, 6.45) is 5.88. The molecule has 1 aromatic carbocycles. The van der Waals surface area contributed by atoms with E-state index in [1.807, 2.05) is 6.08 Å². The first kappa shape index (κ1) is 19.5. The third-order valence-electron chi connectivity index (χ3n) is 4.91. The Morgan fingerprint density at radius 3 is 2.40 bits per heavy atom. The number of benzene rings is 1. The predicted molar refractivity (Wildman–Crippen MR) is 96.9 cm³/mol. The lowest BCUT2D eigenvalue weighted by Crippen LogP contribution is -2.26. The van der Waals surface area contributed by atoms with Crippen LogP contribution in [0.4, 0.5) is 4.39 Å². The van der Waals surface area contributed by atoms with Crippen LogP contribution < -0.4 is 4.74 Å². The second kappa shape index (κ2) is 8.50. The zero-order valence-corrected chi connectivity index (χ0v) is 15.7. The van der Waals surface area contributed by atoms with Crippen LogP contribution in [0.2, 0.25) is 0 Å². The van der Waals surface area contributed by atoms with Crippen LogP contribution in [0.5, 0.6) is 5.75 Å². The zero-order valence-electron chi connectivity index (χ0n) is 15.7. The highest BCUT2D eigenvalue weighted by atomic mass is 19.1. The Balaban J connectivity index is 1.73. The molecule has 1 fully saturated rings. The largest absolute Gasteiger partial charge is 0.479 e. The summed E-state index contributed by atoms with van der Waals surface area (Å²) >= 11 is 0. The minimum absolute atomic E-state index is 0.283. The summed E-state index contributed by atoms with van der Waals surface area (Å²) in [5, 5.41) is 0. The van der Waals surface area contributed by atoms with E-state index in [1.54, 1.807) is 6.92 Å². The lowest BCUT2D eigenvalue weighted by molar-refractivity contribution is -0.149. The van der Waals surface area contributed by atoms with Crippen molar-refractivity contribution in [1.29, 1.82) is 0 Å². The van der Waals surface area contributed by atoms with Gasteiger partial charge in [0.25, 0.3) is 0 Å². The maximum absolute atomic E-state index is 12.9. The van der Waals surface area contributed by atoms with E-state index in [4.69, 9.17) is 9.47 Å². The van der Waals surface area contributed by atoms with Gasteiger partial charge in [0.15, 0.2) is 6.10 Å². The van der Waals surface area contributed by atoms with E-state index in [-0.39, 0.29) is 12.4 Å². The molecule has 0 unspecified atom stereocenters. The van der Waals surface area contributed by atoms with Gasteiger partial charge in [-0.2, -0.15) is 0 Å². The third kappa shape index (κ3) is 6.18. The smallest absolute Gasteiger partial charge is 0.347 e. The van der Waals surface area contributed by atoms with E-state index in [0.717, 1.165) is 18.8 Å². The minimum Gasteiger partial charge on any atom is -0.479 e. The maximum Gasteiger partial charge on any atom is 0.347 e. The quantitative estimate of drug-likeness (QED) is 0.535. The fourth-order valence-electron chi connectivity index (χ4n) is 3.18. The molecule has 0 heterocycles. The Morgan fingerprint density at radius 2 is 1.84 bits per heavy atom. The average Bonchev–Trinajstić information content (AvgIpc) is 2.56. The van der Waals surface area contributed by atoms with Crippen molar-refractivity contribution in [3.8, 4) is 5.75 Å². The number of carbonyl (C=O) groups is 1. The molecule has 1 saturated carbocycles. The van der Waals surface area contributed by atoms with Crippen LogP contribution in [-0.2, 0) is 9.53 Å². The molecule has 0 saturated heterocycles. The Kier molecular flexibility index (Phi) is 6.63. The molecule has 138 valence electrons. The van der Waals surface area contributed by atoms with Crippen molar-refractivity contribution >= 4 is 5.97 Å². The monoisotopic (exact) mass is 348 g/mol. The molecule has 1 atom stereocenters. The molecule has 0 spiro atoms. The molecule has 25 heavy (non-hydrogen) atoms. The second-order valence-corrected chi connectivity index (χ2v) is 7.85. The van der Waals surface area contributed by atoms with Gasteiger partial charge in [0.1, 0.15) is 18.2 Å². The van der Waals surface area contributed by atoms with Gasteiger partial charge >= 0.3 is 5.97 Å². The van der Waals surface area contributed by atoms with Crippen LogP contribution in [0.3, 0.4) is 0 Å². The maximum atomic E-state index is 12.9. The molecule has 0 N–H and O–H groups in total. The normalized spacial score (nSPS) is 19.2. The Labute approximate surface area is 150 Å². The minimum atomic E-state index is -0.722. The summed E-state index contributed by atoms with van der Waals surface area (Å²) < 4.78 is 23.6. The first-order valence-corrected chi connectivity index (χ1v) is 9.02. The van der Waals surface area contributed by atoms with Gasteiger partial charge < -0.3 is 9.47 Å². The molecule has 1 aromatic rings. The highest BCUT2D eigenvalue weighted by Crippen LogP contribution is 2.39. The molecule has 4 heteroatoms. The van der Waals surface area contributed by atoms with Crippen molar-refractivity contribution in [3.63, 3.8) is 0 Å². The standard InChI is InChI=1S/C21H29FO3/c1-15(25-19-11-9-18(22)10-12-19)20(23)24-14-13-16-5-7-17(8-6-16)21(2,3)4/h9-13,15,17H,5-8,14H2,1-4H3/t15-,17?/m1/s1. The molecule has 0 aliphatic heterocycles. The molecule has 1 aliphatic rings. The van der Waals surface area contributed by atoms with Gasteiger partial charge in [0, 0.05) is 0 Å². The number of hydrogen-bond donors (Lipinski definition) is 0. The van der Waals surface area contributed by atoms with Crippen molar-refractivity contribution in [2.24, 2.45) is 11.3 Å². The fraction of sp³-hybridized carbons (Fsp3) is 0.571. The van der Waals surface area contributed by atoms with Crippen LogP contribution in [0, 0.1) is 17.2 Å². The van der Waals surface area contributed by atoms with E-state index in [0.29, 0.717) is 11.2 Å². The Hall–Kier alpha value is -1.84. The summed E-state index contributed by atoms with van der Waals surface area (Å²) in [7, 11) is 0. The van der Waals surface area contributed by atoms with Crippen molar-refractivity contribution < 1.29 is 18.7 Å². The number of esters is 1. The molecule has 0 amide bonds. The topological polar surface area (TPSA) is 35.5 Å². The van der Waals surface area contributed by atoms with Crippen molar-refractivity contribution in [1.82, 2.24) is 0 Å². The first-order valence-electron chi connectivity index (χ1n) is 9.02. The first-order chi connectivity index (χ1) is 11.8. The van der Waals surface area contributed by atoms with Crippen molar-refractivity contribution in [2.45, 2.75) is 59.5 Å². The SMILES string of the molecule is C[C@@H](Oc1ccc(F)cc1)C(=O)OCC=C1CCC(C(C)(C)C)CC1. The number of carbonyl (C=O) groups excluding carboxylic acids is 1. The number of halogens is 1. The van der Waals surface area contributed by atoms with E-state index in [2.05, 4.69) is 20.8 Å². The van der Waals surface area contributed by atoms with Gasteiger partial charge in [-0.1, -0.05) is 26.3 Å². The molecule has 0 bridgehead atoms. The highest BCUT2D eigenvalue weighted by Gasteiger charge is 2.27. The van der Waals surface area contributed by atoms with Crippen LogP contribution in [0.15, 0.2) is 35.9 Å². The highest BCUT2D eigenvalue weighted by molar-refractivity contribution is 5.74. The van der Waals surface area contributed by atoms with Gasteiger partial charge in [-0.3, -0.25) is 0 Å². The molecular weight excluding hydrogens is 319 g/mol. The third-order valence-corrected chi connectivity index (χ3v) is 4.91.